The lowest BCUT2D eigenvalue weighted by molar-refractivity contribution is -0.167. The van der Waals surface area contributed by atoms with Crippen molar-refractivity contribution in [3.05, 3.63) is 48.6 Å². The molecule has 0 bridgehead atoms. The summed E-state index contributed by atoms with van der Waals surface area (Å²) in [6, 6.07) is 0. The predicted molar refractivity (Wildman–Crippen MR) is 270 cm³/mol. The third-order valence-corrected chi connectivity index (χ3v) is 11.8. The molecule has 0 unspecified atom stereocenters. The lowest BCUT2D eigenvalue weighted by Gasteiger charge is -2.18. The van der Waals surface area contributed by atoms with Crippen LogP contribution in [0.1, 0.15) is 278 Å². The van der Waals surface area contributed by atoms with Crippen LogP contribution in [0.15, 0.2) is 48.6 Å². The molecule has 0 aromatic rings. The van der Waals surface area contributed by atoms with E-state index >= 15 is 0 Å². The van der Waals surface area contributed by atoms with Crippen LogP contribution in [0.5, 0.6) is 0 Å². The van der Waals surface area contributed by atoms with Gasteiger partial charge in [-0.15, -0.1) is 0 Å². The van der Waals surface area contributed by atoms with Crippen molar-refractivity contribution in [2.45, 2.75) is 284 Å². The fraction of sp³-hybridized carbons (Fsp3) is 0.807. The molecule has 6 nitrogen and oxygen atoms in total. The van der Waals surface area contributed by atoms with Crippen molar-refractivity contribution in [1.29, 1.82) is 0 Å². The molecule has 0 rings (SSSR count). The van der Waals surface area contributed by atoms with Gasteiger partial charge in [-0.05, 0) is 103 Å². The molecular weight excluding hydrogens is 781 g/mol. The number of carbonyl (C=O) groups excluding carboxylic acids is 3. The quantitative estimate of drug-likeness (QED) is 0.0262. The number of hydrogen-bond donors (Lipinski definition) is 0. The highest BCUT2D eigenvalue weighted by molar-refractivity contribution is 5.71. The third kappa shape index (κ3) is 50.2. The topological polar surface area (TPSA) is 78.9 Å². The van der Waals surface area contributed by atoms with E-state index in [2.05, 4.69) is 69.4 Å². The summed E-state index contributed by atoms with van der Waals surface area (Å²) in [4.78, 5) is 38.0. The second-order valence-corrected chi connectivity index (χ2v) is 18.1. The highest BCUT2D eigenvalue weighted by Gasteiger charge is 2.19. The van der Waals surface area contributed by atoms with E-state index in [1.807, 2.05) is 0 Å². The van der Waals surface area contributed by atoms with E-state index in [1.54, 1.807) is 0 Å². The van der Waals surface area contributed by atoms with Gasteiger partial charge in [-0.25, -0.2) is 0 Å². The summed E-state index contributed by atoms with van der Waals surface area (Å²) in [6.07, 6.45) is 62.3. The van der Waals surface area contributed by atoms with Gasteiger partial charge in [0.25, 0.3) is 0 Å². The number of rotatable bonds is 49. The van der Waals surface area contributed by atoms with E-state index in [-0.39, 0.29) is 31.1 Å². The Balaban J connectivity index is 4.39. The Morgan fingerprint density at radius 2 is 0.571 bits per heavy atom. The van der Waals surface area contributed by atoms with Crippen LogP contribution in [0.25, 0.3) is 0 Å². The van der Waals surface area contributed by atoms with Crippen LogP contribution in [0.2, 0.25) is 0 Å². The van der Waals surface area contributed by atoms with E-state index in [0.717, 1.165) is 89.9 Å². The van der Waals surface area contributed by atoms with E-state index in [0.29, 0.717) is 19.3 Å². The highest BCUT2D eigenvalue weighted by Crippen LogP contribution is 2.14. The molecule has 0 aromatic heterocycles. The standard InChI is InChI=1S/C57H102O6/c1-4-7-10-13-16-19-22-25-28-29-30-33-35-38-41-44-47-50-56(59)62-53-54(63-57(60)51-48-45-42-39-36-32-27-24-21-18-15-12-9-6-3)52-61-55(58)49-46-43-40-37-34-31-26-23-20-17-14-11-8-5-2/h16,19,23-28,54H,4-15,17-18,20-22,29-53H2,1-3H3/b19-16-,26-23-,27-24-,28-25-/t54-/m1/s1. The summed E-state index contributed by atoms with van der Waals surface area (Å²) >= 11 is 0. The van der Waals surface area contributed by atoms with Crippen molar-refractivity contribution < 1.29 is 28.6 Å². The van der Waals surface area contributed by atoms with Crippen LogP contribution in [0.3, 0.4) is 0 Å². The van der Waals surface area contributed by atoms with Gasteiger partial charge in [0, 0.05) is 19.3 Å². The average molecular weight is 883 g/mol. The maximum absolute atomic E-state index is 12.8. The number of allylic oxidation sites excluding steroid dienone is 8. The van der Waals surface area contributed by atoms with Gasteiger partial charge >= 0.3 is 17.9 Å². The number of carbonyl (C=O) groups is 3. The van der Waals surface area contributed by atoms with Gasteiger partial charge in [0.2, 0.25) is 0 Å². The van der Waals surface area contributed by atoms with Crippen molar-refractivity contribution in [3.63, 3.8) is 0 Å². The second kappa shape index (κ2) is 52.0. The molecule has 0 radical (unpaired) electrons. The summed E-state index contributed by atoms with van der Waals surface area (Å²) in [6.45, 7) is 6.59. The first kappa shape index (κ1) is 60.4. The van der Waals surface area contributed by atoms with Gasteiger partial charge in [0.1, 0.15) is 13.2 Å². The molecule has 0 heterocycles. The lowest BCUT2D eigenvalue weighted by Crippen LogP contribution is -2.30. The monoisotopic (exact) mass is 883 g/mol. The van der Waals surface area contributed by atoms with Crippen LogP contribution < -0.4 is 0 Å². The molecule has 0 saturated heterocycles. The molecule has 0 aromatic carbocycles. The molecule has 366 valence electrons. The van der Waals surface area contributed by atoms with Crippen molar-refractivity contribution >= 4 is 17.9 Å². The van der Waals surface area contributed by atoms with Gasteiger partial charge in [0.15, 0.2) is 6.10 Å². The summed E-state index contributed by atoms with van der Waals surface area (Å²) in [5, 5.41) is 0. The summed E-state index contributed by atoms with van der Waals surface area (Å²) < 4.78 is 16.8. The normalized spacial score (nSPS) is 12.4. The van der Waals surface area contributed by atoms with Gasteiger partial charge < -0.3 is 14.2 Å². The van der Waals surface area contributed by atoms with Gasteiger partial charge in [-0.3, -0.25) is 14.4 Å². The van der Waals surface area contributed by atoms with E-state index in [9.17, 15) is 14.4 Å². The summed E-state index contributed by atoms with van der Waals surface area (Å²) in [5.74, 6) is -0.898. The van der Waals surface area contributed by atoms with E-state index < -0.39 is 6.10 Å². The molecular formula is C57H102O6. The Labute approximate surface area is 390 Å². The molecule has 0 fully saturated rings. The fourth-order valence-electron chi connectivity index (χ4n) is 7.64. The molecule has 1 atom stereocenters. The van der Waals surface area contributed by atoms with E-state index in [1.165, 1.54) is 148 Å². The van der Waals surface area contributed by atoms with Gasteiger partial charge in [-0.2, -0.15) is 0 Å². The molecule has 63 heavy (non-hydrogen) atoms. The van der Waals surface area contributed by atoms with E-state index in [4.69, 9.17) is 14.2 Å². The van der Waals surface area contributed by atoms with Gasteiger partial charge in [0.05, 0.1) is 0 Å². The zero-order chi connectivity index (χ0) is 45.8. The Hall–Kier alpha value is -2.63. The summed E-state index contributed by atoms with van der Waals surface area (Å²) in [7, 11) is 0. The molecule has 0 amide bonds. The Kier molecular flexibility index (Phi) is 49.8. The molecule has 0 aliphatic heterocycles. The maximum Gasteiger partial charge on any atom is 0.306 e. The zero-order valence-electron chi connectivity index (χ0n) is 41.8. The minimum absolute atomic E-state index is 0.0822. The highest BCUT2D eigenvalue weighted by atomic mass is 16.6. The maximum atomic E-state index is 12.8. The smallest absolute Gasteiger partial charge is 0.306 e. The lowest BCUT2D eigenvalue weighted by atomic mass is 10.1. The Morgan fingerprint density at radius 1 is 0.317 bits per heavy atom. The molecule has 0 spiro atoms. The zero-order valence-corrected chi connectivity index (χ0v) is 41.8. The first-order chi connectivity index (χ1) is 31.0. The average Bonchev–Trinajstić information content (AvgIpc) is 3.28. The van der Waals surface area contributed by atoms with Crippen molar-refractivity contribution in [1.82, 2.24) is 0 Å². The number of hydrogen-bond acceptors (Lipinski definition) is 6. The van der Waals surface area contributed by atoms with Crippen molar-refractivity contribution in [2.75, 3.05) is 13.2 Å². The molecule has 6 heteroatoms. The van der Waals surface area contributed by atoms with Crippen LogP contribution in [-0.2, 0) is 28.6 Å². The predicted octanol–water partition coefficient (Wildman–Crippen LogP) is 17.9. The minimum atomic E-state index is -0.782. The van der Waals surface area contributed by atoms with Crippen LogP contribution in [0.4, 0.5) is 0 Å². The molecule has 0 N–H and O–H groups in total. The number of ether oxygens (including phenoxy) is 3. The van der Waals surface area contributed by atoms with Crippen LogP contribution in [0, 0.1) is 0 Å². The van der Waals surface area contributed by atoms with Crippen molar-refractivity contribution in [3.8, 4) is 0 Å². The summed E-state index contributed by atoms with van der Waals surface area (Å²) in [5.41, 5.74) is 0. The molecule has 0 saturated carbocycles. The molecule has 0 aliphatic carbocycles. The van der Waals surface area contributed by atoms with Crippen LogP contribution in [-0.4, -0.2) is 37.2 Å². The SMILES string of the molecule is CCCCC/C=C\C/C=C\CCCCCCCCCC(=O)OC[C@@H](COC(=O)CCCCCCC/C=C\CCCCCCC)OC(=O)CCCCCCC/C=C\CCCCCCC. The Morgan fingerprint density at radius 3 is 0.921 bits per heavy atom. The molecule has 0 aliphatic rings. The largest absolute Gasteiger partial charge is 0.462 e. The first-order valence-corrected chi connectivity index (χ1v) is 27.1. The Bertz CT molecular complexity index is 1110. The van der Waals surface area contributed by atoms with Gasteiger partial charge in [-0.1, -0.05) is 204 Å². The fourth-order valence-corrected chi connectivity index (χ4v) is 7.64. The third-order valence-electron chi connectivity index (χ3n) is 11.8. The minimum Gasteiger partial charge on any atom is -0.462 e. The van der Waals surface area contributed by atoms with Crippen molar-refractivity contribution in [2.24, 2.45) is 0 Å². The first-order valence-electron chi connectivity index (χ1n) is 27.1. The number of esters is 3. The number of unbranched alkanes of at least 4 members (excludes halogenated alkanes) is 30. The van der Waals surface area contributed by atoms with Crippen LogP contribution >= 0.6 is 0 Å². The second-order valence-electron chi connectivity index (χ2n) is 18.1.